The van der Waals surface area contributed by atoms with Crippen LogP contribution in [0, 0.1) is 12.8 Å². The van der Waals surface area contributed by atoms with E-state index in [4.69, 9.17) is 4.42 Å². The zero-order valence-electron chi connectivity index (χ0n) is 14.8. The van der Waals surface area contributed by atoms with Crippen LogP contribution in [-0.2, 0) is 0 Å². The zero-order chi connectivity index (χ0) is 17.9. The van der Waals surface area contributed by atoms with Crippen molar-refractivity contribution in [1.29, 1.82) is 0 Å². The van der Waals surface area contributed by atoms with E-state index in [1.54, 1.807) is 18.0 Å². The third kappa shape index (κ3) is 3.44. The van der Waals surface area contributed by atoms with E-state index in [1.165, 1.54) is 6.42 Å². The predicted molar refractivity (Wildman–Crippen MR) is 102 cm³/mol. The number of rotatable bonds is 5. The van der Waals surface area contributed by atoms with Gasteiger partial charge in [0.25, 0.3) is 0 Å². The van der Waals surface area contributed by atoms with Crippen molar-refractivity contribution in [2.24, 2.45) is 5.92 Å². The van der Waals surface area contributed by atoms with Gasteiger partial charge in [-0.2, -0.15) is 0 Å². The van der Waals surface area contributed by atoms with E-state index in [0.29, 0.717) is 5.92 Å². The van der Waals surface area contributed by atoms with E-state index in [9.17, 15) is 5.11 Å². The topological polar surface area (TPSA) is 64.1 Å². The molecule has 1 fully saturated rings. The molecule has 0 saturated heterocycles. The quantitative estimate of drug-likeness (QED) is 0.672. The Hall–Kier alpha value is -2.05. The second-order valence-corrected chi connectivity index (χ2v) is 7.78. The summed E-state index contributed by atoms with van der Waals surface area (Å²) in [4.78, 5) is 0. The van der Waals surface area contributed by atoms with Gasteiger partial charge in [-0.15, -0.1) is 10.2 Å². The molecule has 1 aromatic carbocycles. The third-order valence-corrected chi connectivity index (χ3v) is 6.16. The standard InChI is InChI=1S/C20H23N3O2S/c1-14-17(11-12-25-14)19-21-22-20(23(19)16-8-3-2-4-9-16)26-13-15-7-5-6-10-18(15)24/h2-4,8-9,11-12,15,18,24H,5-7,10,13H2,1H3/t15-,18-/m0/s1. The number of hydrogen-bond donors (Lipinski definition) is 1. The molecule has 0 unspecified atom stereocenters. The van der Waals surface area contributed by atoms with E-state index in [-0.39, 0.29) is 6.10 Å². The predicted octanol–water partition coefficient (Wildman–Crippen LogP) is 4.48. The molecular formula is C20H23N3O2S. The van der Waals surface area contributed by atoms with Crippen LogP contribution in [0.1, 0.15) is 31.4 Å². The highest BCUT2D eigenvalue weighted by Gasteiger charge is 2.25. The van der Waals surface area contributed by atoms with Crippen molar-refractivity contribution < 1.29 is 9.52 Å². The summed E-state index contributed by atoms with van der Waals surface area (Å²) in [7, 11) is 0. The largest absolute Gasteiger partial charge is 0.469 e. The molecular weight excluding hydrogens is 346 g/mol. The summed E-state index contributed by atoms with van der Waals surface area (Å²) in [5.41, 5.74) is 1.98. The highest BCUT2D eigenvalue weighted by molar-refractivity contribution is 7.99. The van der Waals surface area contributed by atoms with Crippen LogP contribution in [-0.4, -0.2) is 31.7 Å². The van der Waals surface area contributed by atoms with Crippen molar-refractivity contribution in [3.05, 3.63) is 48.4 Å². The first-order chi connectivity index (χ1) is 12.7. The van der Waals surface area contributed by atoms with E-state index in [0.717, 1.165) is 53.0 Å². The summed E-state index contributed by atoms with van der Waals surface area (Å²) in [6.45, 7) is 1.94. The maximum Gasteiger partial charge on any atom is 0.196 e. The summed E-state index contributed by atoms with van der Waals surface area (Å²) >= 11 is 1.67. The minimum Gasteiger partial charge on any atom is -0.469 e. The van der Waals surface area contributed by atoms with Gasteiger partial charge in [-0.1, -0.05) is 42.8 Å². The minimum atomic E-state index is -0.195. The molecule has 2 aromatic heterocycles. The first-order valence-electron chi connectivity index (χ1n) is 9.10. The average molecular weight is 369 g/mol. The monoisotopic (exact) mass is 369 g/mol. The fraction of sp³-hybridized carbons (Fsp3) is 0.400. The number of nitrogens with zero attached hydrogens (tertiary/aromatic N) is 3. The summed E-state index contributed by atoms with van der Waals surface area (Å²) in [5.74, 6) is 2.80. The lowest BCUT2D eigenvalue weighted by atomic mass is 9.88. The Morgan fingerprint density at radius 3 is 2.69 bits per heavy atom. The number of thioether (sulfide) groups is 1. The van der Waals surface area contributed by atoms with Gasteiger partial charge in [-0.25, -0.2) is 0 Å². The Balaban J connectivity index is 1.66. The van der Waals surface area contributed by atoms with Gasteiger partial charge in [-0.05, 0) is 43.9 Å². The Labute approximate surface area is 157 Å². The molecule has 2 heterocycles. The molecule has 0 radical (unpaired) electrons. The third-order valence-electron chi connectivity index (χ3n) is 5.04. The molecule has 3 aromatic rings. The van der Waals surface area contributed by atoms with Crippen LogP contribution < -0.4 is 0 Å². The van der Waals surface area contributed by atoms with E-state index >= 15 is 0 Å². The van der Waals surface area contributed by atoms with Crippen molar-refractivity contribution in [3.63, 3.8) is 0 Å². The van der Waals surface area contributed by atoms with Crippen molar-refractivity contribution >= 4 is 11.8 Å². The van der Waals surface area contributed by atoms with E-state index in [1.807, 2.05) is 31.2 Å². The first kappa shape index (κ1) is 17.4. The number of furan rings is 1. The number of aryl methyl sites for hydroxylation is 1. The highest BCUT2D eigenvalue weighted by Crippen LogP contribution is 2.33. The molecule has 0 bridgehead atoms. The van der Waals surface area contributed by atoms with Crippen LogP contribution in [0.15, 0.2) is 52.2 Å². The van der Waals surface area contributed by atoms with Crippen molar-refractivity contribution in [1.82, 2.24) is 14.8 Å². The lowest BCUT2D eigenvalue weighted by Gasteiger charge is -2.26. The van der Waals surface area contributed by atoms with Crippen LogP contribution in [0.5, 0.6) is 0 Å². The lowest BCUT2D eigenvalue weighted by Crippen LogP contribution is -2.26. The van der Waals surface area contributed by atoms with Crippen LogP contribution in [0.25, 0.3) is 17.1 Å². The van der Waals surface area contributed by atoms with Gasteiger partial charge in [0.05, 0.1) is 17.9 Å². The van der Waals surface area contributed by atoms with Crippen molar-refractivity contribution in [2.75, 3.05) is 5.75 Å². The average Bonchev–Trinajstić information content (AvgIpc) is 3.27. The molecule has 6 heteroatoms. The maximum absolute atomic E-state index is 10.3. The molecule has 1 N–H and O–H groups in total. The fourth-order valence-electron chi connectivity index (χ4n) is 3.53. The molecule has 0 aliphatic heterocycles. The van der Waals surface area contributed by atoms with Gasteiger partial charge in [0.2, 0.25) is 0 Å². The molecule has 26 heavy (non-hydrogen) atoms. The molecule has 4 rings (SSSR count). The Bertz CT molecular complexity index is 859. The second-order valence-electron chi connectivity index (χ2n) is 6.79. The van der Waals surface area contributed by atoms with Gasteiger partial charge in [0.15, 0.2) is 11.0 Å². The van der Waals surface area contributed by atoms with Crippen molar-refractivity contribution in [2.45, 2.75) is 43.9 Å². The smallest absolute Gasteiger partial charge is 0.196 e. The van der Waals surface area contributed by atoms with Gasteiger partial charge in [0.1, 0.15) is 5.76 Å². The second kappa shape index (κ2) is 7.68. The normalized spacial score (nSPS) is 20.4. The fourth-order valence-corrected chi connectivity index (χ4v) is 4.70. The molecule has 0 amide bonds. The zero-order valence-corrected chi connectivity index (χ0v) is 15.7. The number of hydrogen-bond acceptors (Lipinski definition) is 5. The SMILES string of the molecule is Cc1occc1-c1nnc(SC[C@@H]2CCCC[C@@H]2O)n1-c1ccccc1. The van der Waals surface area contributed by atoms with E-state index < -0.39 is 0 Å². The van der Waals surface area contributed by atoms with Crippen LogP contribution >= 0.6 is 11.8 Å². The molecule has 2 atom stereocenters. The molecule has 1 saturated carbocycles. The van der Waals surface area contributed by atoms with Crippen LogP contribution in [0.2, 0.25) is 0 Å². The van der Waals surface area contributed by atoms with Gasteiger partial charge < -0.3 is 9.52 Å². The molecule has 5 nitrogen and oxygen atoms in total. The maximum atomic E-state index is 10.3. The van der Waals surface area contributed by atoms with Gasteiger partial charge in [-0.3, -0.25) is 4.57 Å². The number of aliphatic hydroxyl groups excluding tert-OH is 1. The number of aliphatic hydroxyl groups is 1. The molecule has 0 spiro atoms. The summed E-state index contributed by atoms with van der Waals surface area (Å²) in [6, 6.07) is 12.1. The number of aromatic nitrogens is 3. The molecule has 1 aliphatic carbocycles. The number of para-hydroxylation sites is 1. The summed E-state index contributed by atoms with van der Waals surface area (Å²) in [6.07, 6.45) is 5.82. The van der Waals surface area contributed by atoms with Crippen LogP contribution in [0.4, 0.5) is 0 Å². The Morgan fingerprint density at radius 2 is 1.96 bits per heavy atom. The minimum absolute atomic E-state index is 0.195. The Kier molecular flexibility index (Phi) is 5.13. The van der Waals surface area contributed by atoms with Gasteiger partial charge in [0, 0.05) is 11.4 Å². The first-order valence-corrected chi connectivity index (χ1v) is 10.1. The van der Waals surface area contributed by atoms with E-state index in [2.05, 4.69) is 26.9 Å². The highest BCUT2D eigenvalue weighted by atomic mass is 32.2. The van der Waals surface area contributed by atoms with Crippen LogP contribution in [0.3, 0.4) is 0 Å². The Morgan fingerprint density at radius 1 is 1.15 bits per heavy atom. The summed E-state index contributed by atoms with van der Waals surface area (Å²) < 4.78 is 7.55. The lowest BCUT2D eigenvalue weighted by molar-refractivity contribution is 0.0816. The van der Waals surface area contributed by atoms with Gasteiger partial charge >= 0.3 is 0 Å². The number of benzene rings is 1. The van der Waals surface area contributed by atoms with Crippen molar-refractivity contribution in [3.8, 4) is 17.1 Å². The molecule has 1 aliphatic rings. The summed E-state index contributed by atoms with van der Waals surface area (Å²) in [5, 5.41) is 20.0. The molecule has 136 valence electrons.